The molecule has 4 nitrogen and oxygen atoms in total. The standard InChI is InChI=1S/Ca.H3O4P.H2Se/c;1-5(2,3)4;/h;(H3,1,2,3,4);1H2/q+2;;/p-2. The van der Waals surface area contributed by atoms with Gasteiger partial charge in [-0.3, -0.25) is 0 Å². The van der Waals surface area contributed by atoms with E-state index in [9.17, 15) is 0 Å². The molecular formula is H3CaO4PSe. The summed E-state index contributed by atoms with van der Waals surface area (Å²) in [5, 5.41) is 0. The van der Waals surface area contributed by atoms with E-state index >= 15 is 0 Å². The molecular weight excluding hydrogens is 214 g/mol. The van der Waals surface area contributed by atoms with Gasteiger partial charge >= 0.3 is 54.8 Å². The minimum atomic E-state index is -5.14. The predicted octanol–water partition coefficient (Wildman–Crippen LogP) is -3.49. The fourth-order valence-electron chi connectivity index (χ4n) is 0. The molecule has 0 aliphatic rings. The van der Waals surface area contributed by atoms with Crippen LogP contribution in [-0.2, 0) is 4.57 Å². The van der Waals surface area contributed by atoms with Crippen LogP contribution in [-0.4, -0.2) is 59.7 Å². The summed E-state index contributed by atoms with van der Waals surface area (Å²) >= 11 is 0. The molecule has 0 aromatic heterocycles. The Balaban J connectivity index is -0.0000000800. The molecule has 40 valence electrons. The van der Waals surface area contributed by atoms with Gasteiger partial charge in [0.15, 0.2) is 0 Å². The van der Waals surface area contributed by atoms with Crippen LogP contribution in [0, 0.1) is 0 Å². The molecule has 0 aromatic rings. The Bertz CT molecular complexity index is 57.8. The van der Waals surface area contributed by atoms with E-state index in [0.29, 0.717) is 0 Å². The Morgan fingerprint density at radius 3 is 1.43 bits per heavy atom. The molecule has 0 aliphatic carbocycles. The van der Waals surface area contributed by atoms with E-state index < -0.39 is 7.82 Å². The van der Waals surface area contributed by atoms with E-state index in [0.717, 1.165) is 0 Å². The van der Waals surface area contributed by atoms with E-state index in [1.165, 1.54) is 0 Å². The van der Waals surface area contributed by atoms with Gasteiger partial charge in [0.25, 0.3) is 0 Å². The van der Waals surface area contributed by atoms with Crippen molar-refractivity contribution in [1.29, 1.82) is 0 Å². The van der Waals surface area contributed by atoms with Gasteiger partial charge in [-0.2, -0.15) is 0 Å². The van der Waals surface area contributed by atoms with Crippen molar-refractivity contribution in [2.75, 3.05) is 0 Å². The molecule has 7 heteroatoms. The van der Waals surface area contributed by atoms with Crippen LogP contribution < -0.4 is 9.79 Å². The van der Waals surface area contributed by atoms with E-state index in [2.05, 4.69) is 0 Å². The van der Waals surface area contributed by atoms with Crippen LogP contribution in [0.25, 0.3) is 0 Å². The average Bonchev–Trinajstić information content (AvgIpc) is 0.722. The van der Waals surface area contributed by atoms with Crippen molar-refractivity contribution in [3.63, 3.8) is 0 Å². The molecule has 0 bridgehead atoms. The molecule has 7 heavy (non-hydrogen) atoms. The maximum atomic E-state index is 8.66. The van der Waals surface area contributed by atoms with Crippen LogP contribution in [0.1, 0.15) is 0 Å². The molecule has 0 radical (unpaired) electrons. The van der Waals surface area contributed by atoms with Gasteiger partial charge in [0.05, 0.1) is 7.82 Å². The van der Waals surface area contributed by atoms with E-state index in [1.807, 2.05) is 0 Å². The third-order valence-corrected chi connectivity index (χ3v) is 0. The van der Waals surface area contributed by atoms with Crippen molar-refractivity contribution in [1.82, 2.24) is 0 Å². The Labute approximate surface area is 81.0 Å². The van der Waals surface area contributed by atoms with Gasteiger partial charge in [0, 0.05) is 0 Å². The summed E-state index contributed by atoms with van der Waals surface area (Å²) in [5.41, 5.74) is 0. The van der Waals surface area contributed by atoms with Gasteiger partial charge in [-0.1, -0.05) is 0 Å². The zero-order valence-electron chi connectivity index (χ0n) is 3.33. The Morgan fingerprint density at radius 1 is 1.43 bits per heavy atom. The van der Waals surface area contributed by atoms with E-state index in [-0.39, 0.29) is 54.8 Å². The second-order valence-electron chi connectivity index (χ2n) is 0.469. The van der Waals surface area contributed by atoms with Crippen molar-refractivity contribution in [2.24, 2.45) is 0 Å². The quantitative estimate of drug-likeness (QED) is 0.337. The SMILES string of the molecule is O=P([O-])([O-])O.[Ca+2].[SeH2]. The fourth-order valence-corrected chi connectivity index (χ4v) is 0. The zero-order valence-corrected chi connectivity index (χ0v) is 8.53. The van der Waals surface area contributed by atoms with Crippen molar-refractivity contribution >= 4 is 62.6 Å². The third kappa shape index (κ3) is 76.7. The van der Waals surface area contributed by atoms with Crippen LogP contribution in [0.3, 0.4) is 0 Å². The summed E-state index contributed by atoms with van der Waals surface area (Å²) in [6.45, 7) is 0. The summed E-state index contributed by atoms with van der Waals surface area (Å²) < 4.78 is 8.66. The van der Waals surface area contributed by atoms with E-state index in [4.69, 9.17) is 19.2 Å². The van der Waals surface area contributed by atoms with Gasteiger partial charge in [-0.15, -0.1) is 0 Å². The molecule has 0 spiro atoms. The molecule has 0 aromatic carbocycles. The van der Waals surface area contributed by atoms with Crippen molar-refractivity contribution < 1.29 is 19.2 Å². The summed E-state index contributed by atoms with van der Waals surface area (Å²) in [7, 11) is -5.14. The summed E-state index contributed by atoms with van der Waals surface area (Å²) in [4.78, 5) is 24.3. The van der Waals surface area contributed by atoms with Gasteiger partial charge in [-0.05, 0) is 0 Å². The fraction of sp³-hybridized carbons (Fsp3) is 0. The third-order valence-electron chi connectivity index (χ3n) is 0. The Morgan fingerprint density at radius 2 is 1.43 bits per heavy atom. The van der Waals surface area contributed by atoms with Crippen molar-refractivity contribution in [2.45, 2.75) is 0 Å². The monoisotopic (exact) mass is 218 g/mol. The zero-order chi connectivity index (χ0) is 4.50. The molecule has 1 N–H and O–H groups in total. The number of hydrogen-bond acceptors (Lipinski definition) is 3. The first-order valence-corrected chi connectivity index (χ1v) is 2.24. The first kappa shape index (κ1) is 16.0. The van der Waals surface area contributed by atoms with Crippen LogP contribution in [0.15, 0.2) is 0 Å². The Hall–Kier alpha value is 1.89. The predicted molar refractivity (Wildman–Crippen MR) is 24.1 cm³/mol. The minimum absolute atomic E-state index is 0. The molecule has 0 unspecified atom stereocenters. The van der Waals surface area contributed by atoms with Crippen LogP contribution in [0.4, 0.5) is 0 Å². The molecule has 0 rings (SSSR count). The molecule has 0 saturated heterocycles. The topological polar surface area (TPSA) is 83.4 Å². The number of rotatable bonds is 0. The van der Waals surface area contributed by atoms with Crippen molar-refractivity contribution in [3.8, 4) is 0 Å². The van der Waals surface area contributed by atoms with Gasteiger partial charge in [0.2, 0.25) is 0 Å². The van der Waals surface area contributed by atoms with Crippen LogP contribution in [0.2, 0.25) is 0 Å². The summed E-state index contributed by atoms with van der Waals surface area (Å²) in [6.07, 6.45) is 0. The van der Waals surface area contributed by atoms with Gasteiger partial charge in [-0.25, -0.2) is 0 Å². The molecule has 0 amide bonds. The van der Waals surface area contributed by atoms with Crippen LogP contribution in [0.5, 0.6) is 0 Å². The molecule has 0 fully saturated rings. The second kappa shape index (κ2) is 6.02. The number of hydrogen-bond donors (Lipinski definition) is 1. The first-order chi connectivity index (χ1) is 2.00. The first-order valence-electron chi connectivity index (χ1n) is 0.748. The summed E-state index contributed by atoms with van der Waals surface area (Å²) in [5.74, 6) is 0. The van der Waals surface area contributed by atoms with Gasteiger partial charge in [0.1, 0.15) is 0 Å². The Kier molecular flexibility index (Phi) is 13.7. The summed E-state index contributed by atoms with van der Waals surface area (Å²) in [6, 6.07) is 0. The normalized spacial score (nSPS) is 8.43. The van der Waals surface area contributed by atoms with Crippen LogP contribution >= 0.6 is 7.82 Å². The second-order valence-corrected chi connectivity index (χ2v) is 1.41. The van der Waals surface area contributed by atoms with Gasteiger partial charge < -0.3 is 19.2 Å². The molecule has 0 atom stereocenters. The average molecular weight is 217 g/mol. The molecule has 0 aliphatic heterocycles. The molecule has 0 heterocycles. The number of phosphoric acid groups is 1. The van der Waals surface area contributed by atoms with Crippen molar-refractivity contribution in [3.05, 3.63) is 0 Å². The molecule has 0 saturated carbocycles. The van der Waals surface area contributed by atoms with E-state index in [1.54, 1.807) is 0 Å². The maximum absolute atomic E-state index is 8.66.